The Balaban J connectivity index is 2.12. The molecule has 3 heteroatoms. The summed E-state index contributed by atoms with van der Waals surface area (Å²) < 4.78 is 13.2. The molecule has 0 radical (unpaired) electrons. The first kappa shape index (κ1) is 13.9. The van der Waals surface area contributed by atoms with Crippen LogP contribution in [0.15, 0.2) is 18.2 Å². The molecular weight excluding hydrogens is 239 g/mol. The fourth-order valence-electron chi connectivity index (χ4n) is 2.98. The van der Waals surface area contributed by atoms with E-state index in [4.69, 9.17) is 5.26 Å². The zero-order chi connectivity index (χ0) is 13.7. The summed E-state index contributed by atoms with van der Waals surface area (Å²) in [5.41, 5.74) is 1.34. The molecule has 1 aromatic rings. The summed E-state index contributed by atoms with van der Waals surface area (Å²) in [6.07, 6.45) is 6.14. The molecule has 1 heterocycles. The van der Waals surface area contributed by atoms with Gasteiger partial charge in [0.25, 0.3) is 0 Å². The van der Waals surface area contributed by atoms with Gasteiger partial charge in [0.05, 0.1) is 11.3 Å². The van der Waals surface area contributed by atoms with E-state index in [-0.39, 0.29) is 5.82 Å². The van der Waals surface area contributed by atoms with E-state index < -0.39 is 0 Å². The van der Waals surface area contributed by atoms with Crippen LogP contribution in [0.3, 0.4) is 0 Å². The maximum Gasteiger partial charge on any atom is 0.124 e. The van der Waals surface area contributed by atoms with Gasteiger partial charge in [0, 0.05) is 13.1 Å². The molecule has 0 N–H and O–H groups in total. The van der Waals surface area contributed by atoms with Crippen LogP contribution in [0.4, 0.5) is 10.1 Å². The Hall–Kier alpha value is -1.56. The van der Waals surface area contributed by atoms with Crippen molar-refractivity contribution in [3.63, 3.8) is 0 Å². The lowest BCUT2D eigenvalue weighted by Crippen LogP contribution is -2.25. The molecule has 0 aromatic heterocycles. The van der Waals surface area contributed by atoms with E-state index in [1.165, 1.54) is 37.8 Å². The molecule has 2 rings (SSSR count). The monoisotopic (exact) mass is 260 g/mol. The summed E-state index contributed by atoms with van der Waals surface area (Å²) in [6.45, 7) is 4.18. The summed E-state index contributed by atoms with van der Waals surface area (Å²) in [6, 6.07) is 6.64. The Morgan fingerprint density at radius 1 is 1.37 bits per heavy atom. The summed E-state index contributed by atoms with van der Waals surface area (Å²) >= 11 is 0. The summed E-state index contributed by atoms with van der Waals surface area (Å²) in [5, 5.41) is 9.14. The Labute approximate surface area is 114 Å². The van der Waals surface area contributed by atoms with Gasteiger partial charge in [-0.25, -0.2) is 4.39 Å². The van der Waals surface area contributed by atoms with Gasteiger partial charge in [-0.3, -0.25) is 0 Å². The highest BCUT2D eigenvalue weighted by molar-refractivity contribution is 5.59. The molecule has 1 saturated heterocycles. The predicted molar refractivity (Wildman–Crippen MR) is 75.6 cm³/mol. The zero-order valence-electron chi connectivity index (χ0n) is 11.5. The average Bonchev–Trinajstić information content (AvgIpc) is 2.65. The van der Waals surface area contributed by atoms with Gasteiger partial charge >= 0.3 is 0 Å². The normalized spacial score (nSPS) is 19.8. The molecule has 1 aliphatic heterocycles. The van der Waals surface area contributed by atoms with Crippen molar-refractivity contribution in [2.24, 2.45) is 5.92 Å². The maximum atomic E-state index is 13.2. The Bertz CT molecular complexity index is 464. The van der Waals surface area contributed by atoms with Crippen molar-refractivity contribution >= 4 is 5.69 Å². The minimum absolute atomic E-state index is 0.334. The summed E-state index contributed by atoms with van der Waals surface area (Å²) in [4.78, 5) is 2.24. The number of benzene rings is 1. The maximum absolute atomic E-state index is 13.2. The van der Waals surface area contributed by atoms with Crippen molar-refractivity contribution in [1.82, 2.24) is 0 Å². The molecule has 1 aromatic carbocycles. The summed E-state index contributed by atoms with van der Waals surface area (Å²) in [5.74, 6) is 0.472. The van der Waals surface area contributed by atoms with Crippen LogP contribution in [0.25, 0.3) is 0 Å². The predicted octanol–water partition coefficient (Wildman–Crippen LogP) is 4.10. The van der Waals surface area contributed by atoms with Crippen molar-refractivity contribution in [2.45, 2.75) is 39.0 Å². The summed E-state index contributed by atoms with van der Waals surface area (Å²) in [7, 11) is 0. The number of anilines is 1. The Kier molecular flexibility index (Phi) is 4.79. The van der Waals surface area contributed by atoms with Gasteiger partial charge in [-0.1, -0.05) is 19.8 Å². The van der Waals surface area contributed by atoms with Crippen LogP contribution in [0.1, 0.15) is 44.6 Å². The van der Waals surface area contributed by atoms with Crippen LogP contribution >= 0.6 is 0 Å². The van der Waals surface area contributed by atoms with E-state index >= 15 is 0 Å². The molecule has 0 aliphatic carbocycles. The van der Waals surface area contributed by atoms with Gasteiger partial charge in [-0.15, -0.1) is 0 Å². The molecule has 19 heavy (non-hydrogen) atoms. The molecule has 0 spiro atoms. The minimum Gasteiger partial charge on any atom is -0.370 e. The molecule has 0 saturated carbocycles. The van der Waals surface area contributed by atoms with E-state index in [2.05, 4.69) is 17.9 Å². The first-order valence-corrected chi connectivity index (χ1v) is 7.19. The number of halogens is 1. The molecule has 1 aliphatic rings. The lowest BCUT2D eigenvalue weighted by atomic mass is 9.96. The van der Waals surface area contributed by atoms with Crippen molar-refractivity contribution in [3.8, 4) is 6.07 Å². The number of nitrogens with zero attached hydrogens (tertiary/aromatic N) is 2. The first-order chi connectivity index (χ1) is 9.24. The Morgan fingerprint density at radius 2 is 2.21 bits per heavy atom. The van der Waals surface area contributed by atoms with Crippen LogP contribution in [0, 0.1) is 23.1 Å². The molecule has 102 valence electrons. The van der Waals surface area contributed by atoms with Gasteiger partial charge in [0.1, 0.15) is 11.9 Å². The van der Waals surface area contributed by atoms with Crippen LogP contribution in [-0.4, -0.2) is 13.1 Å². The van der Waals surface area contributed by atoms with E-state index in [0.717, 1.165) is 31.1 Å². The largest absolute Gasteiger partial charge is 0.370 e. The standard InChI is InChI=1S/C16H21FN2/c1-2-4-13-5-3-9-19(10-8-13)16-7-6-15(17)11-14(16)12-18/h6-7,11,13H,2-5,8-10H2,1H3. The zero-order valence-corrected chi connectivity index (χ0v) is 11.5. The molecular formula is C16H21FN2. The third kappa shape index (κ3) is 3.47. The van der Waals surface area contributed by atoms with Crippen LogP contribution in [0.5, 0.6) is 0 Å². The van der Waals surface area contributed by atoms with Gasteiger partial charge in [0.15, 0.2) is 0 Å². The van der Waals surface area contributed by atoms with Crippen molar-refractivity contribution in [1.29, 1.82) is 5.26 Å². The SMILES string of the molecule is CCCC1CCCN(c2ccc(F)cc2C#N)CC1. The van der Waals surface area contributed by atoms with Gasteiger partial charge in [0.2, 0.25) is 0 Å². The quantitative estimate of drug-likeness (QED) is 0.818. The highest BCUT2D eigenvalue weighted by atomic mass is 19.1. The fourth-order valence-corrected chi connectivity index (χ4v) is 2.98. The molecule has 0 bridgehead atoms. The average molecular weight is 260 g/mol. The smallest absolute Gasteiger partial charge is 0.124 e. The van der Waals surface area contributed by atoms with E-state index in [1.807, 2.05) is 0 Å². The third-order valence-electron chi connectivity index (χ3n) is 3.96. The van der Waals surface area contributed by atoms with Crippen LogP contribution in [0.2, 0.25) is 0 Å². The molecule has 1 atom stereocenters. The second-order valence-corrected chi connectivity index (χ2v) is 5.35. The number of hydrogen-bond donors (Lipinski definition) is 0. The van der Waals surface area contributed by atoms with Crippen LogP contribution in [-0.2, 0) is 0 Å². The van der Waals surface area contributed by atoms with Crippen molar-refractivity contribution in [2.75, 3.05) is 18.0 Å². The highest BCUT2D eigenvalue weighted by Gasteiger charge is 2.18. The van der Waals surface area contributed by atoms with Crippen molar-refractivity contribution < 1.29 is 4.39 Å². The topological polar surface area (TPSA) is 27.0 Å². The van der Waals surface area contributed by atoms with Crippen LogP contribution < -0.4 is 4.90 Å². The van der Waals surface area contributed by atoms with Gasteiger partial charge in [-0.05, 0) is 43.4 Å². The lowest BCUT2D eigenvalue weighted by molar-refractivity contribution is 0.435. The second-order valence-electron chi connectivity index (χ2n) is 5.35. The molecule has 1 unspecified atom stereocenters. The van der Waals surface area contributed by atoms with Crippen molar-refractivity contribution in [3.05, 3.63) is 29.6 Å². The second kappa shape index (κ2) is 6.56. The lowest BCUT2D eigenvalue weighted by Gasteiger charge is -2.24. The number of hydrogen-bond acceptors (Lipinski definition) is 2. The number of nitriles is 1. The first-order valence-electron chi connectivity index (χ1n) is 7.19. The van der Waals surface area contributed by atoms with Gasteiger partial charge < -0.3 is 4.90 Å². The number of rotatable bonds is 3. The minimum atomic E-state index is -0.334. The fraction of sp³-hybridized carbons (Fsp3) is 0.562. The third-order valence-corrected chi connectivity index (χ3v) is 3.96. The van der Waals surface area contributed by atoms with Gasteiger partial charge in [-0.2, -0.15) is 5.26 Å². The molecule has 0 amide bonds. The molecule has 1 fully saturated rings. The molecule has 2 nitrogen and oxygen atoms in total. The van der Waals surface area contributed by atoms with E-state index in [1.54, 1.807) is 6.07 Å². The highest BCUT2D eigenvalue weighted by Crippen LogP contribution is 2.27. The van der Waals surface area contributed by atoms with E-state index in [9.17, 15) is 4.39 Å². The van der Waals surface area contributed by atoms with E-state index in [0.29, 0.717) is 5.56 Å². The Morgan fingerprint density at radius 3 is 2.95 bits per heavy atom.